The third kappa shape index (κ3) is 3.50. The third-order valence-electron chi connectivity index (χ3n) is 2.52. The van der Waals surface area contributed by atoms with Crippen molar-refractivity contribution in [1.82, 2.24) is 0 Å². The van der Waals surface area contributed by atoms with Gasteiger partial charge in [0, 0.05) is 0 Å². The summed E-state index contributed by atoms with van der Waals surface area (Å²) in [6.07, 6.45) is -3.07. The number of hydrazone groups is 1. The first-order valence-electron chi connectivity index (χ1n) is 5.71. The summed E-state index contributed by atoms with van der Waals surface area (Å²) in [5.74, 6) is 0.109. The lowest BCUT2D eigenvalue weighted by Crippen LogP contribution is -2.08. The fourth-order valence-corrected chi connectivity index (χ4v) is 1.56. The van der Waals surface area contributed by atoms with Crippen molar-refractivity contribution in [3.8, 4) is 5.75 Å². The Balaban J connectivity index is 2.13. The Morgan fingerprint density at radius 2 is 1.65 bits per heavy atom. The molecule has 0 aliphatic carbocycles. The largest absolute Gasteiger partial charge is 0.508 e. The van der Waals surface area contributed by atoms with Crippen LogP contribution in [0.4, 0.5) is 18.9 Å². The molecule has 0 bridgehead atoms. The highest BCUT2D eigenvalue weighted by Gasteiger charge is 2.33. The maximum atomic E-state index is 12.7. The van der Waals surface area contributed by atoms with Crippen LogP contribution in [0.3, 0.4) is 0 Å². The van der Waals surface area contributed by atoms with Gasteiger partial charge in [-0.25, -0.2) is 0 Å². The summed E-state index contributed by atoms with van der Waals surface area (Å²) in [5.41, 5.74) is 2.13. The molecule has 2 aromatic rings. The molecule has 3 nitrogen and oxygen atoms in total. The maximum absolute atomic E-state index is 12.7. The van der Waals surface area contributed by atoms with Crippen molar-refractivity contribution in [3.05, 3.63) is 59.7 Å². The molecule has 0 amide bonds. The molecule has 20 heavy (non-hydrogen) atoms. The zero-order chi connectivity index (χ0) is 14.6. The fourth-order valence-electron chi connectivity index (χ4n) is 1.56. The van der Waals surface area contributed by atoms with Gasteiger partial charge >= 0.3 is 6.18 Å². The van der Waals surface area contributed by atoms with Gasteiger partial charge in [-0.1, -0.05) is 12.1 Å². The number of para-hydroxylation sites is 1. The van der Waals surface area contributed by atoms with E-state index in [1.165, 1.54) is 36.5 Å². The number of rotatable bonds is 3. The van der Waals surface area contributed by atoms with Crippen molar-refractivity contribution < 1.29 is 18.3 Å². The van der Waals surface area contributed by atoms with Crippen LogP contribution in [0.1, 0.15) is 11.1 Å². The van der Waals surface area contributed by atoms with Crippen LogP contribution >= 0.6 is 0 Å². The summed E-state index contributed by atoms with van der Waals surface area (Å²) in [7, 11) is 0. The predicted molar refractivity (Wildman–Crippen MR) is 70.8 cm³/mol. The molecule has 2 N–H and O–H groups in total. The first kappa shape index (κ1) is 13.9. The highest BCUT2D eigenvalue weighted by Crippen LogP contribution is 2.34. The van der Waals surface area contributed by atoms with Crippen molar-refractivity contribution in [1.29, 1.82) is 0 Å². The lowest BCUT2D eigenvalue weighted by atomic mass is 10.2. The second-order valence-electron chi connectivity index (χ2n) is 4.00. The average Bonchev–Trinajstić information content (AvgIpc) is 2.40. The van der Waals surface area contributed by atoms with E-state index in [0.717, 1.165) is 6.07 Å². The maximum Gasteiger partial charge on any atom is 0.418 e. The van der Waals surface area contributed by atoms with Crippen LogP contribution in [0, 0.1) is 0 Å². The number of alkyl halides is 3. The van der Waals surface area contributed by atoms with E-state index in [9.17, 15) is 13.2 Å². The van der Waals surface area contributed by atoms with E-state index >= 15 is 0 Å². The van der Waals surface area contributed by atoms with Gasteiger partial charge in [-0.05, 0) is 42.0 Å². The number of nitrogens with one attached hydrogen (secondary N) is 1. The molecule has 6 heteroatoms. The third-order valence-corrected chi connectivity index (χ3v) is 2.52. The number of aromatic hydroxyl groups is 1. The number of benzene rings is 2. The van der Waals surface area contributed by atoms with Gasteiger partial charge in [-0.2, -0.15) is 18.3 Å². The molecule has 0 atom stereocenters. The number of hydrogen-bond acceptors (Lipinski definition) is 3. The number of anilines is 1. The Labute approximate surface area is 113 Å². The van der Waals surface area contributed by atoms with Gasteiger partial charge in [-0.15, -0.1) is 0 Å². The smallest absolute Gasteiger partial charge is 0.418 e. The normalized spacial score (nSPS) is 11.8. The van der Waals surface area contributed by atoms with Gasteiger partial charge in [0.2, 0.25) is 0 Å². The number of halogens is 3. The molecule has 0 heterocycles. The molecule has 0 aromatic heterocycles. The standard InChI is InChI=1S/C14H11F3N2O/c15-14(16,17)12-3-1-2-4-13(12)19-18-9-10-5-7-11(20)8-6-10/h1-9,19-20H/b18-9+. The van der Waals surface area contributed by atoms with Gasteiger partial charge in [0.1, 0.15) is 5.75 Å². The first-order valence-corrected chi connectivity index (χ1v) is 5.71. The van der Waals surface area contributed by atoms with Crippen LogP contribution in [0.15, 0.2) is 53.6 Å². The molecule has 0 spiro atoms. The molecular weight excluding hydrogens is 269 g/mol. The molecule has 2 rings (SSSR count). The van der Waals surface area contributed by atoms with E-state index in [1.807, 2.05) is 0 Å². The Bertz CT molecular complexity index is 607. The van der Waals surface area contributed by atoms with E-state index in [1.54, 1.807) is 12.1 Å². The van der Waals surface area contributed by atoms with Crippen molar-refractivity contribution in [3.63, 3.8) is 0 Å². The van der Waals surface area contributed by atoms with Crippen LogP contribution in [0.5, 0.6) is 5.75 Å². The monoisotopic (exact) mass is 280 g/mol. The summed E-state index contributed by atoms with van der Waals surface area (Å²) < 4.78 is 38.2. The van der Waals surface area contributed by atoms with Gasteiger partial charge < -0.3 is 5.11 Å². The molecule has 0 saturated heterocycles. The lowest BCUT2D eigenvalue weighted by molar-refractivity contribution is -0.136. The predicted octanol–water partition coefficient (Wildman–Crippen LogP) is 3.86. The van der Waals surface area contributed by atoms with Crippen LogP contribution in [0.2, 0.25) is 0 Å². The molecule has 0 aliphatic rings. The minimum absolute atomic E-state index is 0.109. The Kier molecular flexibility index (Phi) is 3.93. The van der Waals surface area contributed by atoms with E-state index < -0.39 is 11.7 Å². The number of nitrogens with zero attached hydrogens (tertiary/aromatic N) is 1. The molecule has 2 aromatic carbocycles. The highest BCUT2D eigenvalue weighted by molar-refractivity contribution is 5.80. The minimum Gasteiger partial charge on any atom is -0.508 e. The number of phenolic OH excluding ortho intramolecular Hbond substituents is 1. The van der Waals surface area contributed by atoms with E-state index in [2.05, 4.69) is 10.5 Å². The molecule has 0 saturated carbocycles. The molecule has 0 radical (unpaired) electrons. The highest BCUT2D eigenvalue weighted by atomic mass is 19.4. The zero-order valence-electron chi connectivity index (χ0n) is 10.2. The molecule has 0 fully saturated rings. The molecule has 0 aliphatic heterocycles. The van der Waals surface area contributed by atoms with Gasteiger partial charge in [0.25, 0.3) is 0 Å². The number of phenols is 1. The van der Waals surface area contributed by atoms with Gasteiger partial charge in [-0.3, -0.25) is 5.43 Å². The van der Waals surface area contributed by atoms with Crippen LogP contribution in [0.25, 0.3) is 0 Å². The zero-order valence-corrected chi connectivity index (χ0v) is 10.2. The van der Waals surface area contributed by atoms with Crippen molar-refractivity contribution in [2.75, 3.05) is 5.43 Å². The fraction of sp³-hybridized carbons (Fsp3) is 0.0714. The Hall–Kier alpha value is -2.50. The summed E-state index contributed by atoms with van der Waals surface area (Å²) in [5, 5.41) is 12.9. The van der Waals surface area contributed by atoms with E-state index in [0.29, 0.717) is 5.56 Å². The van der Waals surface area contributed by atoms with Crippen LogP contribution < -0.4 is 5.43 Å². The summed E-state index contributed by atoms with van der Waals surface area (Å²) in [6.45, 7) is 0. The molecular formula is C14H11F3N2O. The Morgan fingerprint density at radius 3 is 2.30 bits per heavy atom. The van der Waals surface area contributed by atoms with Crippen molar-refractivity contribution in [2.45, 2.75) is 6.18 Å². The quantitative estimate of drug-likeness (QED) is 0.662. The van der Waals surface area contributed by atoms with E-state index in [4.69, 9.17) is 5.11 Å². The minimum atomic E-state index is -4.43. The van der Waals surface area contributed by atoms with Crippen LogP contribution in [-0.4, -0.2) is 11.3 Å². The molecule has 104 valence electrons. The lowest BCUT2D eigenvalue weighted by Gasteiger charge is -2.11. The second-order valence-corrected chi connectivity index (χ2v) is 4.00. The topological polar surface area (TPSA) is 44.6 Å². The first-order chi connectivity index (χ1) is 9.47. The van der Waals surface area contributed by atoms with E-state index in [-0.39, 0.29) is 11.4 Å². The Morgan fingerprint density at radius 1 is 1.00 bits per heavy atom. The summed E-state index contributed by atoms with van der Waals surface area (Å²) in [4.78, 5) is 0. The second kappa shape index (κ2) is 5.64. The van der Waals surface area contributed by atoms with Gasteiger partial charge in [0.15, 0.2) is 0 Å². The van der Waals surface area contributed by atoms with Gasteiger partial charge in [0.05, 0.1) is 17.5 Å². The summed E-state index contributed by atoms with van der Waals surface area (Å²) in [6, 6.07) is 11.2. The average molecular weight is 280 g/mol. The van der Waals surface area contributed by atoms with Crippen LogP contribution in [-0.2, 0) is 6.18 Å². The SMILES string of the molecule is Oc1ccc(/C=N/Nc2ccccc2C(F)(F)F)cc1. The molecule has 0 unspecified atom stereocenters. The van der Waals surface area contributed by atoms with Crippen molar-refractivity contribution >= 4 is 11.9 Å². The van der Waals surface area contributed by atoms with Crippen molar-refractivity contribution in [2.24, 2.45) is 5.10 Å². The summed E-state index contributed by atoms with van der Waals surface area (Å²) >= 11 is 0. The number of hydrogen-bond donors (Lipinski definition) is 2.